The van der Waals surface area contributed by atoms with E-state index in [4.69, 9.17) is 4.74 Å². The molecule has 1 amide bonds. The lowest BCUT2D eigenvalue weighted by atomic mass is 10.2. The molecule has 7 nitrogen and oxygen atoms in total. The van der Waals surface area contributed by atoms with Gasteiger partial charge in [0, 0.05) is 26.7 Å². The highest BCUT2D eigenvalue weighted by atomic mass is 32.2. The number of carbonyl (C=O) groups excluding carboxylic acids is 1. The van der Waals surface area contributed by atoms with Gasteiger partial charge in [-0.3, -0.25) is 9.36 Å². The Morgan fingerprint density at radius 2 is 1.94 bits per heavy atom. The lowest BCUT2D eigenvalue weighted by Gasteiger charge is -2.28. The number of nitrogens with zero attached hydrogens (tertiary/aromatic N) is 5. The number of aryl methyl sites for hydroxylation is 1. The Labute approximate surface area is 197 Å². The van der Waals surface area contributed by atoms with Gasteiger partial charge in [0.15, 0.2) is 5.16 Å². The van der Waals surface area contributed by atoms with Crippen LogP contribution in [0.2, 0.25) is 0 Å². The second kappa shape index (κ2) is 10.4. The van der Waals surface area contributed by atoms with E-state index < -0.39 is 5.25 Å². The van der Waals surface area contributed by atoms with Gasteiger partial charge >= 0.3 is 0 Å². The Kier molecular flexibility index (Phi) is 7.29. The van der Waals surface area contributed by atoms with E-state index in [1.807, 2.05) is 42.7 Å². The van der Waals surface area contributed by atoms with Crippen LogP contribution in [0, 0.1) is 12.7 Å². The molecule has 1 aromatic heterocycles. The number of anilines is 1. The van der Waals surface area contributed by atoms with Gasteiger partial charge in [-0.15, -0.1) is 10.2 Å². The van der Waals surface area contributed by atoms with Gasteiger partial charge in [0.05, 0.1) is 24.2 Å². The molecular formula is C24H28FN5O2S. The molecule has 0 aliphatic carbocycles. The number of hydrogen-bond donors (Lipinski definition) is 0. The maximum Gasteiger partial charge on any atom is 0.235 e. The van der Waals surface area contributed by atoms with Crippen LogP contribution in [0.15, 0.2) is 53.7 Å². The highest BCUT2D eigenvalue weighted by molar-refractivity contribution is 8.00. The molecule has 1 aliphatic rings. The van der Waals surface area contributed by atoms with Crippen molar-refractivity contribution in [3.05, 3.63) is 65.5 Å². The zero-order valence-electron chi connectivity index (χ0n) is 19.1. The molecule has 1 atom stereocenters. The van der Waals surface area contributed by atoms with Gasteiger partial charge in [-0.2, -0.15) is 0 Å². The number of hydrogen-bond acceptors (Lipinski definition) is 6. The summed E-state index contributed by atoms with van der Waals surface area (Å²) in [5, 5.41) is 9.18. The molecule has 33 heavy (non-hydrogen) atoms. The maximum absolute atomic E-state index is 13.5. The second-order valence-electron chi connectivity index (χ2n) is 8.14. The molecule has 3 aromatic rings. The summed E-state index contributed by atoms with van der Waals surface area (Å²) < 4.78 is 21.0. The van der Waals surface area contributed by atoms with Gasteiger partial charge in [0.2, 0.25) is 11.9 Å². The van der Waals surface area contributed by atoms with Crippen molar-refractivity contribution in [3.63, 3.8) is 0 Å². The maximum atomic E-state index is 13.5. The van der Waals surface area contributed by atoms with Crippen molar-refractivity contribution in [2.75, 3.05) is 38.3 Å². The van der Waals surface area contributed by atoms with E-state index in [1.54, 1.807) is 18.0 Å². The summed E-state index contributed by atoms with van der Waals surface area (Å²) in [6, 6.07) is 14.5. The highest BCUT2D eigenvalue weighted by Crippen LogP contribution is 2.30. The van der Waals surface area contributed by atoms with Crippen LogP contribution >= 0.6 is 11.8 Å². The summed E-state index contributed by atoms with van der Waals surface area (Å²) >= 11 is 1.37. The topological polar surface area (TPSA) is 63.5 Å². The van der Waals surface area contributed by atoms with E-state index in [1.165, 1.54) is 23.9 Å². The fourth-order valence-corrected chi connectivity index (χ4v) is 4.78. The first kappa shape index (κ1) is 23.3. The summed E-state index contributed by atoms with van der Waals surface area (Å²) in [4.78, 5) is 16.8. The third-order valence-electron chi connectivity index (χ3n) is 5.49. The van der Waals surface area contributed by atoms with Crippen molar-refractivity contribution in [2.45, 2.75) is 30.8 Å². The number of rotatable bonds is 7. The largest absolute Gasteiger partial charge is 0.378 e. The molecule has 0 radical (unpaired) electrons. The summed E-state index contributed by atoms with van der Waals surface area (Å²) in [7, 11) is 1.73. The molecule has 0 saturated carbocycles. The third-order valence-corrected chi connectivity index (χ3v) is 6.52. The SMILES string of the molecule is Cc1cccc(-n2c(SC(C)C(=O)N(C)Cc3cccc(F)c3)nnc2N2CCOCC2)c1. The van der Waals surface area contributed by atoms with Gasteiger partial charge in [-0.25, -0.2) is 4.39 Å². The molecule has 1 aliphatic heterocycles. The third kappa shape index (κ3) is 5.54. The predicted molar refractivity (Wildman–Crippen MR) is 127 cm³/mol. The average molecular weight is 470 g/mol. The van der Waals surface area contributed by atoms with Crippen LogP contribution in [0.1, 0.15) is 18.1 Å². The number of halogens is 1. The zero-order valence-corrected chi connectivity index (χ0v) is 19.9. The molecule has 4 rings (SSSR count). The zero-order chi connectivity index (χ0) is 23.4. The van der Waals surface area contributed by atoms with Crippen LogP contribution in [0.4, 0.5) is 10.3 Å². The van der Waals surface area contributed by atoms with Crippen LogP contribution < -0.4 is 4.90 Å². The Morgan fingerprint density at radius 1 is 1.18 bits per heavy atom. The second-order valence-corrected chi connectivity index (χ2v) is 9.45. The Hall–Kier alpha value is -2.91. The molecule has 0 bridgehead atoms. The summed E-state index contributed by atoms with van der Waals surface area (Å²) in [6.07, 6.45) is 0. The Bertz CT molecular complexity index is 1120. The normalized spacial score (nSPS) is 14.8. The molecule has 174 valence electrons. The molecule has 1 saturated heterocycles. The van der Waals surface area contributed by atoms with Crippen molar-refractivity contribution < 1.29 is 13.9 Å². The number of amides is 1. The van der Waals surface area contributed by atoms with E-state index in [9.17, 15) is 9.18 Å². The lowest BCUT2D eigenvalue weighted by molar-refractivity contribution is -0.129. The van der Waals surface area contributed by atoms with Gasteiger partial charge < -0.3 is 14.5 Å². The van der Waals surface area contributed by atoms with Gasteiger partial charge in [-0.1, -0.05) is 36.0 Å². The first-order valence-electron chi connectivity index (χ1n) is 10.9. The molecule has 0 spiro atoms. The number of benzene rings is 2. The fraction of sp³-hybridized carbons (Fsp3) is 0.375. The minimum Gasteiger partial charge on any atom is -0.378 e. The van der Waals surface area contributed by atoms with Crippen LogP contribution in [0.3, 0.4) is 0 Å². The molecule has 2 aromatic carbocycles. The van der Waals surface area contributed by atoms with Crippen LogP contribution in [0.25, 0.3) is 5.69 Å². The van der Waals surface area contributed by atoms with E-state index in [2.05, 4.69) is 21.2 Å². The Morgan fingerprint density at radius 3 is 2.67 bits per heavy atom. The summed E-state index contributed by atoms with van der Waals surface area (Å²) in [5.74, 6) is 0.382. The van der Waals surface area contributed by atoms with Crippen LogP contribution in [-0.2, 0) is 16.1 Å². The summed E-state index contributed by atoms with van der Waals surface area (Å²) in [5.41, 5.74) is 2.83. The van der Waals surface area contributed by atoms with Gasteiger partial charge in [-0.05, 0) is 49.2 Å². The van der Waals surface area contributed by atoms with Gasteiger partial charge in [0.1, 0.15) is 5.82 Å². The lowest BCUT2D eigenvalue weighted by Crippen LogP contribution is -2.38. The minimum atomic E-state index is -0.395. The molecular weight excluding hydrogens is 441 g/mol. The Balaban J connectivity index is 1.56. The first-order valence-corrected chi connectivity index (χ1v) is 11.8. The van der Waals surface area contributed by atoms with Crippen molar-refractivity contribution in [1.29, 1.82) is 0 Å². The van der Waals surface area contributed by atoms with Crippen LogP contribution in [0.5, 0.6) is 0 Å². The van der Waals surface area contributed by atoms with Crippen molar-refractivity contribution >= 4 is 23.6 Å². The summed E-state index contributed by atoms with van der Waals surface area (Å²) in [6.45, 7) is 7.00. The predicted octanol–water partition coefficient (Wildman–Crippen LogP) is 3.69. The minimum absolute atomic E-state index is 0.0593. The number of carbonyl (C=O) groups is 1. The van der Waals surface area contributed by atoms with Gasteiger partial charge in [0.25, 0.3) is 0 Å². The van der Waals surface area contributed by atoms with Crippen molar-refractivity contribution in [1.82, 2.24) is 19.7 Å². The number of thioether (sulfide) groups is 1. The van der Waals surface area contributed by atoms with E-state index >= 15 is 0 Å². The molecule has 0 N–H and O–H groups in total. The monoisotopic (exact) mass is 469 g/mol. The molecule has 1 fully saturated rings. The van der Waals surface area contributed by atoms with E-state index in [-0.39, 0.29) is 11.7 Å². The number of ether oxygens (including phenoxy) is 1. The van der Waals surface area contributed by atoms with Crippen molar-refractivity contribution in [3.8, 4) is 5.69 Å². The molecule has 2 heterocycles. The molecule has 1 unspecified atom stereocenters. The molecule has 9 heteroatoms. The van der Waals surface area contributed by atoms with E-state index in [0.29, 0.717) is 24.9 Å². The standard InChI is InChI=1S/C24H28FN5O2S/c1-17-6-4-9-21(14-17)30-23(29-10-12-32-13-11-29)26-27-24(30)33-18(2)22(31)28(3)16-19-7-5-8-20(25)15-19/h4-9,14-15,18H,10-13,16H2,1-3H3. The average Bonchev–Trinajstić information content (AvgIpc) is 3.22. The number of aromatic nitrogens is 3. The first-order chi connectivity index (χ1) is 15.9. The van der Waals surface area contributed by atoms with Crippen molar-refractivity contribution in [2.24, 2.45) is 0 Å². The highest BCUT2D eigenvalue weighted by Gasteiger charge is 2.26. The van der Waals surface area contributed by atoms with Crippen LogP contribution in [-0.4, -0.2) is 64.2 Å². The number of morpholine rings is 1. The van der Waals surface area contributed by atoms with E-state index in [0.717, 1.165) is 35.9 Å². The quantitative estimate of drug-likeness (QED) is 0.492. The smallest absolute Gasteiger partial charge is 0.235 e. The fourth-order valence-electron chi connectivity index (χ4n) is 3.81.